The van der Waals surface area contributed by atoms with Crippen molar-refractivity contribution in [2.75, 3.05) is 24.7 Å². The van der Waals surface area contributed by atoms with Crippen LogP contribution in [0.5, 0.6) is 5.75 Å². The van der Waals surface area contributed by atoms with E-state index >= 15 is 0 Å². The molecular weight excluding hydrogens is 388 g/mol. The van der Waals surface area contributed by atoms with Crippen LogP contribution in [0.15, 0.2) is 66.0 Å². The first-order valence-corrected chi connectivity index (χ1v) is 10.3. The number of nitrogens with zero attached hydrogens (tertiary/aromatic N) is 2. The van der Waals surface area contributed by atoms with Gasteiger partial charge in [-0.05, 0) is 49.6 Å². The summed E-state index contributed by atoms with van der Waals surface area (Å²) in [4.78, 5) is 28.7. The van der Waals surface area contributed by atoms with Gasteiger partial charge in [0.05, 0.1) is 6.20 Å². The summed E-state index contributed by atoms with van der Waals surface area (Å²) in [5.41, 5.74) is 1.93. The van der Waals surface area contributed by atoms with Gasteiger partial charge in [-0.2, -0.15) is 0 Å². The van der Waals surface area contributed by atoms with Crippen LogP contribution >= 0.6 is 11.8 Å². The number of thioether (sulfide) groups is 1. The third-order valence-electron chi connectivity index (χ3n) is 4.02. The fourth-order valence-corrected chi connectivity index (χ4v) is 3.24. The van der Waals surface area contributed by atoms with Crippen molar-refractivity contribution in [2.24, 2.45) is 0 Å². The molecule has 3 rings (SSSR count). The predicted octanol–water partition coefficient (Wildman–Crippen LogP) is 3.36. The van der Waals surface area contributed by atoms with E-state index in [0.717, 1.165) is 10.8 Å². The minimum Gasteiger partial charge on any atom is -0.484 e. The Balaban J connectivity index is 1.71. The van der Waals surface area contributed by atoms with E-state index in [1.165, 1.54) is 11.8 Å². The summed E-state index contributed by atoms with van der Waals surface area (Å²) in [7, 11) is 0. The van der Waals surface area contributed by atoms with Crippen LogP contribution in [0, 0.1) is 0 Å². The Morgan fingerprint density at radius 2 is 1.83 bits per heavy atom. The van der Waals surface area contributed by atoms with E-state index in [4.69, 9.17) is 4.74 Å². The van der Waals surface area contributed by atoms with Crippen molar-refractivity contribution in [3.8, 4) is 11.4 Å². The number of hydrogen-bond acceptors (Lipinski definition) is 5. The van der Waals surface area contributed by atoms with Crippen LogP contribution < -0.4 is 15.4 Å². The number of likely N-dealkylation sites (N-methyl/N-ethyl adjacent to an activating group) is 1. The van der Waals surface area contributed by atoms with Gasteiger partial charge < -0.3 is 15.4 Å². The molecule has 0 bridgehead atoms. The second-order valence-corrected chi connectivity index (χ2v) is 6.80. The largest absolute Gasteiger partial charge is 0.484 e. The van der Waals surface area contributed by atoms with Crippen LogP contribution in [0.4, 0.5) is 5.69 Å². The second kappa shape index (κ2) is 9.79. The Kier molecular flexibility index (Phi) is 6.91. The van der Waals surface area contributed by atoms with Crippen LogP contribution in [-0.2, 0) is 4.79 Å². The molecule has 1 heterocycles. The lowest BCUT2D eigenvalue weighted by molar-refractivity contribution is -0.122. The third-order valence-corrected chi connectivity index (χ3v) is 4.67. The van der Waals surface area contributed by atoms with E-state index in [1.54, 1.807) is 30.5 Å². The lowest BCUT2D eigenvalue weighted by atomic mass is 10.2. The van der Waals surface area contributed by atoms with Gasteiger partial charge in [0.25, 0.3) is 11.8 Å². The second-order valence-electron chi connectivity index (χ2n) is 6.02. The maximum atomic E-state index is 12.8. The topological polar surface area (TPSA) is 85.2 Å². The van der Waals surface area contributed by atoms with Gasteiger partial charge in [-0.1, -0.05) is 30.0 Å². The molecule has 0 spiro atoms. The zero-order valence-electron chi connectivity index (χ0n) is 16.2. The molecule has 0 atom stereocenters. The van der Waals surface area contributed by atoms with Crippen molar-refractivity contribution < 1.29 is 14.3 Å². The number of aromatic nitrogens is 2. The van der Waals surface area contributed by atoms with Gasteiger partial charge >= 0.3 is 0 Å². The highest BCUT2D eigenvalue weighted by atomic mass is 32.2. The standard InChI is InChI=1S/C21H22N4O3S/c1-3-22-19(26)14-28-17-11-9-15(10-12-17)24-20(27)18-13-23-21(29-2)25(18)16-7-5-4-6-8-16/h4-13H,3,14H2,1-2H3,(H,22,26)(H,24,27). The number of nitrogens with one attached hydrogen (secondary N) is 2. The fraction of sp³-hybridized carbons (Fsp3) is 0.190. The molecule has 2 aromatic carbocycles. The summed E-state index contributed by atoms with van der Waals surface area (Å²) in [5, 5.41) is 6.27. The maximum absolute atomic E-state index is 12.8. The summed E-state index contributed by atoms with van der Waals surface area (Å²) in [6.45, 7) is 2.36. The van der Waals surface area contributed by atoms with Crippen LogP contribution in [-0.4, -0.2) is 40.8 Å². The SMILES string of the molecule is CCNC(=O)COc1ccc(NC(=O)c2cnc(SC)n2-c2ccccc2)cc1. The molecule has 0 radical (unpaired) electrons. The summed E-state index contributed by atoms with van der Waals surface area (Å²) in [6.07, 6.45) is 3.49. The van der Waals surface area contributed by atoms with Gasteiger partial charge in [-0.3, -0.25) is 14.2 Å². The number of benzene rings is 2. The monoisotopic (exact) mass is 410 g/mol. The molecule has 3 aromatic rings. The molecule has 0 fully saturated rings. The molecule has 0 saturated heterocycles. The molecule has 2 amide bonds. The number of hydrogen-bond donors (Lipinski definition) is 2. The number of amides is 2. The van der Waals surface area contributed by atoms with Crippen molar-refractivity contribution in [3.63, 3.8) is 0 Å². The van der Waals surface area contributed by atoms with Gasteiger partial charge in [-0.15, -0.1) is 0 Å². The van der Waals surface area contributed by atoms with E-state index in [1.807, 2.05) is 48.1 Å². The van der Waals surface area contributed by atoms with E-state index in [9.17, 15) is 9.59 Å². The van der Waals surface area contributed by atoms with Gasteiger partial charge in [0.15, 0.2) is 11.8 Å². The zero-order valence-corrected chi connectivity index (χ0v) is 17.0. The van der Waals surface area contributed by atoms with E-state index in [2.05, 4.69) is 15.6 Å². The number of ether oxygens (including phenoxy) is 1. The lowest BCUT2D eigenvalue weighted by Gasteiger charge is -2.11. The van der Waals surface area contributed by atoms with Crippen LogP contribution in [0.2, 0.25) is 0 Å². The van der Waals surface area contributed by atoms with Gasteiger partial charge in [-0.25, -0.2) is 4.98 Å². The summed E-state index contributed by atoms with van der Waals surface area (Å²) in [5.74, 6) is 0.106. The normalized spacial score (nSPS) is 10.4. The molecule has 1 aromatic heterocycles. The number of carbonyl (C=O) groups is 2. The quantitative estimate of drug-likeness (QED) is 0.556. The Morgan fingerprint density at radius 3 is 2.48 bits per heavy atom. The molecule has 0 aliphatic carbocycles. The molecule has 0 saturated carbocycles. The molecule has 8 heteroatoms. The lowest BCUT2D eigenvalue weighted by Crippen LogP contribution is -2.28. The Hall–Kier alpha value is -3.26. The van der Waals surface area contributed by atoms with E-state index < -0.39 is 0 Å². The highest BCUT2D eigenvalue weighted by Gasteiger charge is 2.17. The Labute approximate surface area is 173 Å². The van der Waals surface area contributed by atoms with E-state index in [-0.39, 0.29) is 18.4 Å². The van der Waals surface area contributed by atoms with Crippen molar-refractivity contribution in [3.05, 3.63) is 66.5 Å². The fourth-order valence-electron chi connectivity index (χ4n) is 2.69. The third kappa shape index (κ3) is 5.17. The minimum absolute atomic E-state index is 0.0483. The highest BCUT2D eigenvalue weighted by Crippen LogP contribution is 2.23. The molecule has 29 heavy (non-hydrogen) atoms. The van der Waals surface area contributed by atoms with Crippen molar-refractivity contribution in [1.82, 2.24) is 14.9 Å². The first-order chi connectivity index (χ1) is 14.1. The highest BCUT2D eigenvalue weighted by molar-refractivity contribution is 7.98. The van der Waals surface area contributed by atoms with Gasteiger partial charge in [0.1, 0.15) is 11.4 Å². The molecule has 0 aliphatic heterocycles. The summed E-state index contributed by atoms with van der Waals surface area (Å²) < 4.78 is 7.24. The van der Waals surface area contributed by atoms with E-state index in [0.29, 0.717) is 23.7 Å². The molecule has 7 nitrogen and oxygen atoms in total. The average molecular weight is 410 g/mol. The summed E-state index contributed by atoms with van der Waals surface area (Å²) >= 11 is 1.47. The van der Waals surface area contributed by atoms with Gasteiger partial charge in [0, 0.05) is 17.9 Å². The number of carbonyl (C=O) groups excluding carboxylic acids is 2. The number of anilines is 1. The molecular formula is C21H22N4O3S. The van der Waals surface area contributed by atoms with Gasteiger partial charge in [0.2, 0.25) is 0 Å². The molecule has 0 aliphatic rings. The minimum atomic E-state index is -0.266. The predicted molar refractivity (Wildman–Crippen MR) is 114 cm³/mol. The van der Waals surface area contributed by atoms with Crippen molar-refractivity contribution >= 4 is 29.3 Å². The van der Waals surface area contributed by atoms with Crippen LogP contribution in [0.1, 0.15) is 17.4 Å². The van der Waals surface area contributed by atoms with Crippen molar-refractivity contribution in [2.45, 2.75) is 12.1 Å². The first kappa shape index (κ1) is 20.5. The number of para-hydroxylation sites is 1. The molecule has 0 unspecified atom stereocenters. The van der Waals surface area contributed by atoms with Crippen molar-refractivity contribution in [1.29, 1.82) is 0 Å². The summed E-state index contributed by atoms with van der Waals surface area (Å²) in [6, 6.07) is 16.5. The van der Waals surface area contributed by atoms with Crippen LogP contribution in [0.25, 0.3) is 5.69 Å². The smallest absolute Gasteiger partial charge is 0.274 e. The number of imidazole rings is 1. The Morgan fingerprint density at radius 1 is 1.10 bits per heavy atom. The molecule has 150 valence electrons. The average Bonchev–Trinajstić information content (AvgIpc) is 3.18. The zero-order chi connectivity index (χ0) is 20.6. The van der Waals surface area contributed by atoms with Crippen LogP contribution in [0.3, 0.4) is 0 Å². The molecule has 2 N–H and O–H groups in total. The maximum Gasteiger partial charge on any atom is 0.274 e. The number of rotatable bonds is 8. The Bertz CT molecular complexity index is 971. The first-order valence-electron chi connectivity index (χ1n) is 9.10.